The highest BCUT2D eigenvalue weighted by molar-refractivity contribution is 7.99. The first kappa shape index (κ1) is 11.5. The molecule has 0 saturated carbocycles. The van der Waals surface area contributed by atoms with E-state index in [4.69, 9.17) is 10.8 Å². The highest BCUT2D eigenvalue weighted by Crippen LogP contribution is 2.17. The van der Waals surface area contributed by atoms with Crippen molar-refractivity contribution in [2.45, 2.75) is 24.9 Å². The molecule has 3 N–H and O–H groups in total. The Hall–Kier alpha value is -0.580. The van der Waals surface area contributed by atoms with Crippen LogP contribution < -0.4 is 5.73 Å². The van der Waals surface area contributed by atoms with Gasteiger partial charge in [-0.2, -0.15) is 0 Å². The minimum atomic E-state index is -0.164. The maximum atomic E-state index is 8.76. The maximum Gasteiger partial charge on any atom is 0.0966 e. The number of pyridine rings is 1. The Kier molecular flexibility index (Phi) is 4.38. The number of nitrogens with zero attached hydrogens (tertiary/aromatic N) is 1. The lowest BCUT2D eigenvalue weighted by atomic mass is 10.3. The minimum absolute atomic E-state index is 0.0256. The second-order valence-electron chi connectivity index (χ2n) is 3.38. The van der Waals surface area contributed by atoms with Crippen molar-refractivity contribution in [2.24, 2.45) is 5.73 Å². The molecular formula is C10H16N2OS. The summed E-state index contributed by atoms with van der Waals surface area (Å²) >= 11 is 1.59. The van der Waals surface area contributed by atoms with E-state index in [2.05, 4.69) is 4.98 Å². The normalized spacial score (nSPS) is 12.9. The van der Waals surface area contributed by atoms with Crippen molar-refractivity contribution in [1.82, 2.24) is 4.98 Å². The summed E-state index contributed by atoms with van der Waals surface area (Å²) in [6, 6.07) is 3.90. The van der Waals surface area contributed by atoms with Gasteiger partial charge in [-0.15, -0.1) is 11.8 Å². The number of aryl methyl sites for hydroxylation is 2. The van der Waals surface area contributed by atoms with E-state index in [-0.39, 0.29) is 12.6 Å². The number of aliphatic hydroxyl groups excluding tert-OH is 1. The third-order valence-electron chi connectivity index (χ3n) is 1.75. The van der Waals surface area contributed by atoms with Crippen molar-refractivity contribution >= 4 is 11.8 Å². The number of aromatic nitrogens is 1. The number of thioether (sulfide) groups is 1. The van der Waals surface area contributed by atoms with Crippen molar-refractivity contribution < 1.29 is 5.11 Å². The van der Waals surface area contributed by atoms with Crippen LogP contribution in [-0.4, -0.2) is 28.5 Å². The van der Waals surface area contributed by atoms with E-state index in [1.54, 1.807) is 11.8 Å². The molecule has 1 rings (SSSR count). The largest absolute Gasteiger partial charge is 0.395 e. The minimum Gasteiger partial charge on any atom is -0.395 e. The first-order valence-corrected chi connectivity index (χ1v) is 5.55. The molecule has 0 aliphatic carbocycles. The lowest BCUT2D eigenvalue weighted by Crippen LogP contribution is -2.26. The molecule has 0 aliphatic rings. The molecule has 1 aromatic rings. The van der Waals surface area contributed by atoms with Gasteiger partial charge in [0.25, 0.3) is 0 Å². The van der Waals surface area contributed by atoms with E-state index in [0.29, 0.717) is 5.75 Å². The van der Waals surface area contributed by atoms with Crippen LogP contribution in [0.5, 0.6) is 0 Å². The average molecular weight is 212 g/mol. The fourth-order valence-electron chi connectivity index (χ4n) is 1.12. The SMILES string of the molecule is Cc1cc(C)nc(SCC(N)CO)c1. The Morgan fingerprint density at radius 1 is 1.50 bits per heavy atom. The lowest BCUT2D eigenvalue weighted by Gasteiger charge is -2.07. The summed E-state index contributed by atoms with van der Waals surface area (Å²) in [6.45, 7) is 4.05. The van der Waals surface area contributed by atoms with Crippen molar-refractivity contribution in [3.8, 4) is 0 Å². The van der Waals surface area contributed by atoms with Crippen molar-refractivity contribution in [3.05, 3.63) is 23.4 Å². The van der Waals surface area contributed by atoms with Gasteiger partial charge in [-0.3, -0.25) is 0 Å². The summed E-state index contributed by atoms with van der Waals surface area (Å²) in [7, 11) is 0. The first-order valence-electron chi connectivity index (χ1n) is 4.56. The molecule has 0 radical (unpaired) electrons. The maximum absolute atomic E-state index is 8.76. The molecule has 78 valence electrons. The summed E-state index contributed by atoms with van der Waals surface area (Å²) in [5.74, 6) is 0.701. The fraction of sp³-hybridized carbons (Fsp3) is 0.500. The topological polar surface area (TPSA) is 59.1 Å². The second-order valence-corrected chi connectivity index (χ2v) is 4.42. The van der Waals surface area contributed by atoms with Crippen molar-refractivity contribution in [2.75, 3.05) is 12.4 Å². The van der Waals surface area contributed by atoms with Crippen LogP contribution in [0, 0.1) is 13.8 Å². The summed E-state index contributed by atoms with van der Waals surface area (Å²) in [6.07, 6.45) is 0. The van der Waals surface area contributed by atoms with E-state index < -0.39 is 0 Å². The zero-order valence-corrected chi connectivity index (χ0v) is 9.34. The second kappa shape index (κ2) is 5.34. The molecule has 3 nitrogen and oxygen atoms in total. The average Bonchev–Trinajstić information content (AvgIpc) is 2.12. The fourth-order valence-corrected chi connectivity index (χ4v) is 2.09. The Bertz CT molecular complexity index is 284. The third-order valence-corrected chi connectivity index (χ3v) is 2.85. The summed E-state index contributed by atoms with van der Waals surface area (Å²) < 4.78 is 0. The van der Waals surface area contributed by atoms with Crippen LogP contribution in [0.4, 0.5) is 0 Å². The number of nitrogens with two attached hydrogens (primary N) is 1. The van der Waals surface area contributed by atoms with Crippen LogP contribution in [0.1, 0.15) is 11.3 Å². The van der Waals surface area contributed by atoms with Gasteiger partial charge in [0.15, 0.2) is 0 Å². The van der Waals surface area contributed by atoms with E-state index in [1.807, 2.05) is 26.0 Å². The summed E-state index contributed by atoms with van der Waals surface area (Å²) in [5.41, 5.74) is 7.82. The van der Waals surface area contributed by atoms with Gasteiger partial charge in [0.2, 0.25) is 0 Å². The van der Waals surface area contributed by atoms with Gasteiger partial charge in [0.1, 0.15) is 0 Å². The molecule has 1 aromatic heterocycles. The quantitative estimate of drug-likeness (QED) is 0.734. The molecule has 1 heterocycles. The van der Waals surface area contributed by atoms with Crippen LogP contribution in [0.15, 0.2) is 17.2 Å². The van der Waals surface area contributed by atoms with Crippen molar-refractivity contribution in [1.29, 1.82) is 0 Å². The van der Waals surface area contributed by atoms with E-state index >= 15 is 0 Å². The molecule has 0 bridgehead atoms. The lowest BCUT2D eigenvalue weighted by molar-refractivity contribution is 0.275. The molecule has 4 heteroatoms. The predicted octanol–water partition coefficient (Wildman–Crippen LogP) is 1.11. The zero-order valence-electron chi connectivity index (χ0n) is 8.53. The van der Waals surface area contributed by atoms with Crippen LogP contribution in [0.2, 0.25) is 0 Å². The van der Waals surface area contributed by atoms with Gasteiger partial charge in [0, 0.05) is 17.5 Å². The molecule has 0 saturated heterocycles. The number of aliphatic hydroxyl groups is 1. The van der Waals surface area contributed by atoms with Crippen LogP contribution in [0.3, 0.4) is 0 Å². The Labute approximate surface area is 88.7 Å². The molecule has 0 fully saturated rings. The molecule has 1 unspecified atom stereocenters. The monoisotopic (exact) mass is 212 g/mol. The molecule has 0 aromatic carbocycles. The van der Waals surface area contributed by atoms with E-state index in [0.717, 1.165) is 10.7 Å². The van der Waals surface area contributed by atoms with Gasteiger partial charge in [-0.1, -0.05) is 0 Å². The Morgan fingerprint density at radius 2 is 2.21 bits per heavy atom. The molecular weight excluding hydrogens is 196 g/mol. The third kappa shape index (κ3) is 3.65. The van der Waals surface area contributed by atoms with Gasteiger partial charge in [-0.25, -0.2) is 4.98 Å². The van der Waals surface area contributed by atoms with Gasteiger partial charge >= 0.3 is 0 Å². The summed E-state index contributed by atoms with van der Waals surface area (Å²) in [5, 5.41) is 9.74. The van der Waals surface area contributed by atoms with E-state index in [1.165, 1.54) is 5.56 Å². The Balaban J connectivity index is 2.58. The molecule has 0 spiro atoms. The molecule has 0 aliphatic heterocycles. The van der Waals surface area contributed by atoms with Crippen molar-refractivity contribution in [3.63, 3.8) is 0 Å². The van der Waals surface area contributed by atoms with Gasteiger partial charge in [0.05, 0.1) is 11.6 Å². The smallest absolute Gasteiger partial charge is 0.0966 e. The highest BCUT2D eigenvalue weighted by Gasteiger charge is 2.03. The predicted molar refractivity (Wildman–Crippen MR) is 59.5 cm³/mol. The number of hydrogen-bond donors (Lipinski definition) is 2. The summed E-state index contributed by atoms with van der Waals surface area (Å²) in [4.78, 5) is 4.37. The van der Waals surface area contributed by atoms with Crippen LogP contribution >= 0.6 is 11.8 Å². The van der Waals surface area contributed by atoms with E-state index in [9.17, 15) is 0 Å². The Morgan fingerprint density at radius 3 is 2.79 bits per heavy atom. The first-order chi connectivity index (χ1) is 6.61. The number of rotatable bonds is 4. The van der Waals surface area contributed by atoms with Crippen LogP contribution in [0.25, 0.3) is 0 Å². The molecule has 0 amide bonds. The molecule has 1 atom stereocenters. The van der Waals surface area contributed by atoms with Crippen LogP contribution in [-0.2, 0) is 0 Å². The highest BCUT2D eigenvalue weighted by atomic mass is 32.2. The number of hydrogen-bond acceptors (Lipinski definition) is 4. The van der Waals surface area contributed by atoms with Gasteiger partial charge < -0.3 is 10.8 Å². The standard InChI is InChI=1S/C10H16N2OS/c1-7-3-8(2)12-10(4-7)14-6-9(11)5-13/h3-4,9,13H,5-6,11H2,1-2H3. The van der Waals surface area contributed by atoms with Gasteiger partial charge in [-0.05, 0) is 31.5 Å². The zero-order chi connectivity index (χ0) is 10.6. The molecule has 14 heavy (non-hydrogen) atoms.